The largest absolute Gasteiger partial charge is 0.457 e. The van der Waals surface area contributed by atoms with Gasteiger partial charge in [-0.25, -0.2) is 0 Å². The zero-order chi connectivity index (χ0) is 19.1. The molecule has 0 aromatic heterocycles. The molecule has 0 spiro atoms. The van der Waals surface area contributed by atoms with E-state index in [0.29, 0.717) is 24.3 Å². The SMILES string of the molecule is Cc1cccc(Oc2ccc(N3C(=O)[C@@H]4C[C@H](Br)[C@@H](Br)C[C@H]4C3=O)cc2)c1. The molecule has 1 aliphatic carbocycles. The summed E-state index contributed by atoms with van der Waals surface area (Å²) >= 11 is 7.23. The first-order chi connectivity index (χ1) is 12.9. The number of amides is 2. The number of carbonyl (C=O) groups excluding carboxylic acids is 2. The molecule has 1 aliphatic heterocycles. The van der Waals surface area contributed by atoms with E-state index in [4.69, 9.17) is 4.74 Å². The van der Waals surface area contributed by atoms with Crippen LogP contribution in [0.4, 0.5) is 5.69 Å². The van der Waals surface area contributed by atoms with Gasteiger partial charge in [0, 0.05) is 9.65 Å². The summed E-state index contributed by atoms with van der Waals surface area (Å²) in [4.78, 5) is 27.5. The third kappa shape index (κ3) is 3.57. The molecular formula is C21H19Br2NO3. The van der Waals surface area contributed by atoms with Crippen LogP contribution < -0.4 is 9.64 Å². The first kappa shape index (κ1) is 18.7. The van der Waals surface area contributed by atoms with Crippen LogP contribution in [-0.2, 0) is 9.59 Å². The highest BCUT2D eigenvalue weighted by atomic mass is 79.9. The molecule has 0 N–H and O–H groups in total. The number of halogens is 2. The molecule has 1 heterocycles. The van der Waals surface area contributed by atoms with E-state index in [1.165, 1.54) is 4.90 Å². The van der Waals surface area contributed by atoms with Crippen molar-refractivity contribution in [3.63, 3.8) is 0 Å². The molecule has 4 rings (SSSR count). The fraction of sp³-hybridized carbons (Fsp3) is 0.333. The van der Waals surface area contributed by atoms with Gasteiger partial charge in [0.15, 0.2) is 0 Å². The fourth-order valence-electron chi connectivity index (χ4n) is 3.83. The van der Waals surface area contributed by atoms with E-state index in [1.54, 1.807) is 24.3 Å². The zero-order valence-electron chi connectivity index (χ0n) is 14.8. The van der Waals surface area contributed by atoms with Gasteiger partial charge in [-0.05, 0) is 61.7 Å². The van der Waals surface area contributed by atoms with Crippen LogP contribution in [0.2, 0.25) is 0 Å². The van der Waals surface area contributed by atoms with Gasteiger partial charge in [0.05, 0.1) is 17.5 Å². The lowest BCUT2D eigenvalue weighted by Gasteiger charge is -2.29. The Bertz CT molecular complexity index is 855. The molecule has 2 aliphatic rings. The first-order valence-electron chi connectivity index (χ1n) is 8.94. The second kappa shape index (κ2) is 7.40. The van der Waals surface area contributed by atoms with Gasteiger partial charge in [-0.1, -0.05) is 44.0 Å². The lowest BCUT2D eigenvalue weighted by molar-refractivity contribution is -0.122. The van der Waals surface area contributed by atoms with E-state index in [1.807, 2.05) is 31.2 Å². The summed E-state index contributed by atoms with van der Waals surface area (Å²) in [5, 5.41) is 0. The van der Waals surface area contributed by atoms with Crippen LogP contribution in [0.15, 0.2) is 48.5 Å². The number of hydrogen-bond acceptors (Lipinski definition) is 3. The normalized spacial score (nSPS) is 27.6. The number of carbonyl (C=O) groups is 2. The quantitative estimate of drug-likeness (QED) is 0.436. The lowest BCUT2D eigenvalue weighted by Crippen LogP contribution is -2.34. The summed E-state index contributed by atoms with van der Waals surface area (Å²) in [6.45, 7) is 2.01. The molecular weight excluding hydrogens is 474 g/mol. The van der Waals surface area contributed by atoms with Crippen LogP contribution in [0.3, 0.4) is 0 Å². The number of nitrogens with zero attached hydrogens (tertiary/aromatic N) is 1. The van der Waals surface area contributed by atoms with Gasteiger partial charge in [-0.15, -0.1) is 0 Å². The Labute approximate surface area is 175 Å². The highest BCUT2D eigenvalue weighted by Crippen LogP contribution is 2.44. The lowest BCUT2D eigenvalue weighted by atomic mass is 9.81. The van der Waals surface area contributed by atoms with Gasteiger partial charge in [-0.2, -0.15) is 0 Å². The Kier molecular flexibility index (Phi) is 5.12. The number of benzene rings is 2. The standard InChI is InChI=1S/C21H19Br2NO3/c1-12-3-2-4-15(9-12)27-14-7-5-13(6-8-14)24-20(25)16-10-18(22)19(23)11-17(16)21(24)26/h2-9,16-19H,10-11H2,1H3/t16-,17-,18+,19+/m1/s1. The Morgan fingerprint density at radius 3 is 2.04 bits per heavy atom. The highest BCUT2D eigenvalue weighted by molar-refractivity contribution is 9.12. The molecule has 2 fully saturated rings. The number of ether oxygens (including phenoxy) is 1. The Balaban J connectivity index is 1.53. The van der Waals surface area contributed by atoms with Crippen LogP contribution >= 0.6 is 31.9 Å². The Morgan fingerprint density at radius 2 is 1.48 bits per heavy atom. The second-order valence-electron chi connectivity index (χ2n) is 7.14. The maximum atomic E-state index is 12.9. The fourth-order valence-corrected chi connectivity index (χ4v) is 5.06. The van der Waals surface area contributed by atoms with E-state index in [-0.39, 0.29) is 33.3 Å². The third-order valence-corrected chi connectivity index (χ3v) is 7.97. The number of hydrogen-bond donors (Lipinski definition) is 0. The molecule has 1 saturated heterocycles. The first-order valence-corrected chi connectivity index (χ1v) is 10.8. The summed E-state index contributed by atoms with van der Waals surface area (Å²) in [6.07, 6.45) is 1.35. The number of alkyl halides is 2. The summed E-state index contributed by atoms with van der Waals surface area (Å²) in [7, 11) is 0. The molecule has 0 bridgehead atoms. The average Bonchev–Trinajstić information content (AvgIpc) is 2.87. The number of aryl methyl sites for hydroxylation is 1. The van der Waals surface area contributed by atoms with Gasteiger partial charge < -0.3 is 4.74 Å². The summed E-state index contributed by atoms with van der Waals surface area (Å²) < 4.78 is 5.85. The predicted molar refractivity (Wildman–Crippen MR) is 112 cm³/mol. The molecule has 1 saturated carbocycles. The maximum Gasteiger partial charge on any atom is 0.237 e. The van der Waals surface area contributed by atoms with E-state index in [9.17, 15) is 9.59 Å². The van der Waals surface area contributed by atoms with Crippen LogP contribution in [0, 0.1) is 18.8 Å². The van der Waals surface area contributed by atoms with E-state index in [0.717, 1.165) is 11.3 Å². The highest BCUT2D eigenvalue weighted by Gasteiger charge is 2.52. The van der Waals surface area contributed by atoms with Crippen molar-refractivity contribution in [2.45, 2.75) is 29.4 Å². The Hall–Kier alpha value is -1.66. The Morgan fingerprint density at radius 1 is 0.889 bits per heavy atom. The van der Waals surface area contributed by atoms with E-state index in [2.05, 4.69) is 31.9 Å². The van der Waals surface area contributed by atoms with Crippen molar-refractivity contribution in [1.29, 1.82) is 0 Å². The van der Waals surface area contributed by atoms with Crippen LogP contribution in [0.1, 0.15) is 18.4 Å². The number of anilines is 1. The van der Waals surface area contributed by atoms with Crippen molar-refractivity contribution in [3.05, 3.63) is 54.1 Å². The molecule has 2 aromatic rings. The summed E-state index contributed by atoms with van der Waals surface area (Å²) in [5.74, 6) is 0.760. The minimum Gasteiger partial charge on any atom is -0.457 e. The monoisotopic (exact) mass is 491 g/mol. The van der Waals surface area contributed by atoms with Crippen molar-refractivity contribution in [1.82, 2.24) is 0 Å². The van der Waals surface area contributed by atoms with E-state index >= 15 is 0 Å². The van der Waals surface area contributed by atoms with Gasteiger partial charge in [0.1, 0.15) is 11.5 Å². The molecule has 4 atom stereocenters. The minimum absolute atomic E-state index is 0.0961. The zero-order valence-corrected chi connectivity index (χ0v) is 17.9. The van der Waals surface area contributed by atoms with Gasteiger partial charge in [-0.3, -0.25) is 14.5 Å². The molecule has 0 radical (unpaired) electrons. The van der Waals surface area contributed by atoms with Gasteiger partial charge in [0.25, 0.3) is 0 Å². The van der Waals surface area contributed by atoms with Crippen LogP contribution in [0.5, 0.6) is 11.5 Å². The third-order valence-electron chi connectivity index (χ3n) is 5.23. The van der Waals surface area contributed by atoms with Crippen molar-refractivity contribution >= 4 is 49.4 Å². The summed E-state index contributed by atoms with van der Waals surface area (Å²) in [5.41, 5.74) is 1.73. The van der Waals surface area contributed by atoms with Crippen molar-refractivity contribution in [3.8, 4) is 11.5 Å². The molecule has 2 aromatic carbocycles. The molecule has 4 nitrogen and oxygen atoms in total. The van der Waals surface area contributed by atoms with E-state index < -0.39 is 0 Å². The summed E-state index contributed by atoms with van der Waals surface area (Å²) in [6, 6.07) is 14.9. The van der Waals surface area contributed by atoms with Crippen molar-refractivity contribution in [2.75, 3.05) is 4.90 Å². The van der Waals surface area contributed by atoms with Gasteiger partial charge in [0.2, 0.25) is 11.8 Å². The second-order valence-corrected chi connectivity index (χ2v) is 9.49. The van der Waals surface area contributed by atoms with Gasteiger partial charge >= 0.3 is 0 Å². The van der Waals surface area contributed by atoms with Crippen LogP contribution in [0.25, 0.3) is 0 Å². The minimum atomic E-state index is -0.237. The molecule has 6 heteroatoms. The van der Waals surface area contributed by atoms with Crippen molar-refractivity contribution < 1.29 is 14.3 Å². The smallest absolute Gasteiger partial charge is 0.237 e. The maximum absolute atomic E-state index is 12.9. The van der Waals surface area contributed by atoms with Crippen LogP contribution in [-0.4, -0.2) is 21.5 Å². The number of rotatable bonds is 3. The molecule has 140 valence electrons. The molecule has 2 amide bonds. The average molecular weight is 493 g/mol. The number of fused-ring (bicyclic) bond motifs is 1. The molecule has 27 heavy (non-hydrogen) atoms. The molecule has 0 unspecified atom stereocenters. The predicted octanol–water partition coefficient (Wildman–Crippen LogP) is 5.21. The topological polar surface area (TPSA) is 46.6 Å². The number of imide groups is 1. The van der Waals surface area contributed by atoms with Crippen molar-refractivity contribution in [2.24, 2.45) is 11.8 Å².